The molecule has 0 radical (unpaired) electrons. The molecular weight excluding hydrogens is 504 g/mol. The van der Waals surface area contributed by atoms with Gasteiger partial charge in [0.15, 0.2) is 0 Å². The Balaban J connectivity index is 1.57. The van der Waals surface area contributed by atoms with Crippen LogP contribution in [-0.2, 0) is 29.7 Å². The molecule has 5 rings (SSSR count). The molecule has 0 saturated carbocycles. The minimum atomic E-state index is -0.863. The maximum absolute atomic E-state index is 13.2. The summed E-state index contributed by atoms with van der Waals surface area (Å²) in [5, 5.41) is 8.62. The average Bonchev–Trinajstić information content (AvgIpc) is 3.22. The first kappa shape index (κ1) is 27.7. The SMILES string of the molecule is CC[C@@H]1CN(Cc2cc(C(c3ccc4c(nnn4C)c3C)C(C)(C)C(=O)OC)cnc2C)Cc2cnccc2O1. The van der Waals surface area contributed by atoms with Crippen LogP contribution in [-0.4, -0.2) is 55.6 Å². The Labute approximate surface area is 235 Å². The van der Waals surface area contributed by atoms with Gasteiger partial charge in [-0.2, -0.15) is 0 Å². The lowest BCUT2D eigenvalue weighted by atomic mass is 9.70. The first-order valence-electron chi connectivity index (χ1n) is 13.8. The van der Waals surface area contributed by atoms with Crippen molar-refractivity contribution in [2.75, 3.05) is 13.7 Å². The number of aryl methyl sites for hydroxylation is 3. The van der Waals surface area contributed by atoms with Crippen LogP contribution in [0.15, 0.2) is 42.9 Å². The van der Waals surface area contributed by atoms with E-state index in [0.29, 0.717) is 6.54 Å². The third kappa shape index (κ3) is 5.06. The quantitative estimate of drug-likeness (QED) is 0.305. The van der Waals surface area contributed by atoms with Crippen LogP contribution in [0.2, 0.25) is 0 Å². The summed E-state index contributed by atoms with van der Waals surface area (Å²) in [6.45, 7) is 12.3. The predicted molar refractivity (Wildman–Crippen MR) is 153 cm³/mol. The Morgan fingerprint density at radius 3 is 2.77 bits per heavy atom. The Morgan fingerprint density at radius 1 is 1.23 bits per heavy atom. The van der Waals surface area contributed by atoms with E-state index in [2.05, 4.69) is 39.3 Å². The number of carbonyl (C=O) groups is 1. The number of hydrogen-bond acceptors (Lipinski definition) is 8. The molecule has 4 heterocycles. The standard InChI is InChI=1S/C31H38N6O3/c1-8-24-18-37(17-23-14-32-12-11-27(23)40-24)16-22-13-21(15-33-20(22)3)28(31(4,5)30(38)39-7)25-9-10-26-29(19(25)2)34-35-36(26)6/h9-15,24,28H,8,16-18H2,1-7H3/t24-,28?/m1/s1. The first-order valence-corrected chi connectivity index (χ1v) is 13.8. The number of aromatic nitrogens is 5. The fourth-order valence-electron chi connectivity index (χ4n) is 5.87. The van der Waals surface area contributed by atoms with Crippen molar-refractivity contribution in [2.24, 2.45) is 12.5 Å². The van der Waals surface area contributed by atoms with E-state index in [1.165, 1.54) is 7.11 Å². The highest BCUT2D eigenvalue weighted by Crippen LogP contribution is 2.44. The lowest BCUT2D eigenvalue weighted by Gasteiger charge is -2.34. The molecule has 0 bridgehead atoms. The van der Waals surface area contributed by atoms with E-state index in [0.717, 1.165) is 69.8 Å². The predicted octanol–water partition coefficient (Wildman–Crippen LogP) is 4.88. The molecule has 0 saturated heterocycles. The minimum Gasteiger partial charge on any atom is -0.489 e. The van der Waals surface area contributed by atoms with Gasteiger partial charge in [0.2, 0.25) is 0 Å². The molecule has 2 atom stereocenters. The molecule has 0 aliphatic carbocycles. The van der Waals surface area contributed by atoms with Gasteiger partial charge in [-0.05, 0) is 68.5 Å². The van der Waals surface area contributed by atoms with Gasteiger partial charge in [-0.25, -0.2) is 4.68 Å². The van der Waals surface area contributed by atoms with E-state index in [4.69, 9.17) is 14.5 Å². The molecule has 0 fully saturated rings. The van der Waals surface area contributed by atoms with Crippen LogP contribution in [0.1, 0.15) is 66.6 Å². The van der Waals surface area contributed by atoms with E-state index in [1.54, 1.807) is 10.9 Å². The zero-order valence-corrected chi connectivity index (χ0v) is 24.4. The number of benzene rings is 1. The summed E-state index contributed by atoms with van der Waals surface area (Å²) in [7, 11) is 3.32. The Morgan fingerprint density at radius 2 is 2.02 bits per heavy atom. The van der Waals surface area contributed by atoms with Gasteiger partial charge in [0.25, 0.3) is 0 Å². The van der Waals surface area contributed by atoms with Crippen molar-refractivity contribution in [3.05, 3.63) is 76.4 Å². The molecule has 0 amide bonds. The van der Waals surface area contributed by atoms with E-state index in [1.807, 2.05) is 59.3 Å². The topological polar surface area (TPSA) is 95.3 Å². The normalized spacial score (nSPS) is 16.7. The summed E-state index contributed by atoms with van der Waals surface area (Å²) in [4.78, 5) is 24.8. The van der Waals surface area contributed by atoms with Crippen molar-refractivity contribution in [1.29, 1.82) is 0 Å². The third-order valence-electron chi connectivity index (χ3n) is 8.23. The minimum absolute atomic E-state index is 0.0902. The first-order chi connectivity index (χ1) is 19.1. The molecule has 0 N–H and O–H groups in total. The molecule has 9 nitrogen and oxygen atoms in total. The molecule has 9 heteroatoms. The van der Waals surface area contributed by atoms with E-state index in [-0.39, 0.29) is 18.0 Å². The molecule has 1 aliphatic rings. The summed E-state index contributed by atoms with van der Waals surface area (Å²) < 4.78 is 13.4. The number of methoxy groups -OCH3 is 1. The van der Waals surface area contributed by atoms with Gasteiger partial charge in [0, 0.05) is 62.4 Å². The number of ether oxygens (including phenoxy) is 2. The number of hydrogen-bond donors (Lipinski definition) is 0. The Kier molecular flexibility index (Phi) is 7.59. The van der Waals surface area contributed by atoms with Crippen LogP contribution in [0.3, 0.4) is 0 Å². The molecule has 40 heavy (non-hydrogen) atoms. The van der Waals surface area contributed by atoms with Gasteiger partial charge in [-0.15, -0.1) is 5.10 Å². The van der Waals surface area contributed by atoms with Crippen molar-refractivity contribution in [3.63, 3.8) is 0 Å². The zero-order valence-electron chi connectivity index (χ0n) is 24.4. The number of fused-ring (bicyclic) bond motifs is 2. The maximum Gasteiger partial charge on any atom is 0.312 e. The molecular formula is C31H38N6O3. The molecule has 1 aliphatic heterocycles. The van der Waals surface area contributed by atoms with Crippen molar-refractivity contribution in [1.82, 2.24) is 29.9 Å². The highest BCUT2D eigenvalue weighted by molar-refractivity contribution is 5.82. The highest BCUT2D eigenvalue weighted by Gasteiger charge is 2.41. The smallest absolute Gasteiger partial charge is 0.312 e. The van der Waals surface area contributed by atoms with Gasteiger partial charge in [0.05, 0.1) is 18.0 Å². The Hall–Kier alpha value is -3.85. The van der Waals surface area contributed by atoms with Crippen molar-refractivity contribution in [2.45, 2.75) is 66.2 Å². The van der Waals surface area contributed by atoms with Gasteiger partial charge >= 0.3 is 5.97 Å². The number of carbonyl (C=O) groups excluding carboxylic acids is 1. The van der Waals surface area contributed by atoms with E-state index < -0.39 is 5.41 Å². The van der Waals surface area contributed by atoms with Gasteiger partial charge < -0.3 is 9.47 Å². The molecule has 3 aromatic heterocycles. The lowest BCUT2D eigenvalue weighted by Crippen LogP contribution is -2.34. The fraction of sp³-hybridized carbons (Fsp3) is 0.452. The van der Waals surface area contributed by atoms with E-state index >= 15 is 0 Å². The van der Waals surface area contributed by atoms with Gasteiger partial charge in [-0.3, -0.25) is 19.7 Å². The molecule has 210 valence electrons. The van der Waals surface area contributed by atoms with Crippen LogP contribution in [0.25, 0.3) is 11.0 Å². The molecule has 1 unspecified atom stereocenters. The Bertz CT molecular complexity index is 1550. The second-order valence-corrected chi connectivity index (χ2v) is 11.3. The number of rotatable bonds is 7. The van der Waals surface area contributed by atoms with Crippen molar-refractivity contribution < 1.29 is 14.3 Å². The van der Waals surface area contributed by atoms with Crippen LogP contribution in [0, 0.1) is 19.3 Å². The molecule has 4 aromatic rings. The van der Waals surface area contributed by atoms with Crippen molar-refractivity contribution >= 4 is 17.0 Å². The second kappa shape index (κ2) is 11.0. The van der Waals surface area contributed by atoms with Crippen LogP contribution in [0.4, 0.5) is 0 Å². The number of esters is 1. The number of pyridine rings is 2. The van der Waals surface area contributed by atoms with E-state index in [9.17, 15) is 4.79 Å². The average molecular weight is 543 g/mol. The van der Waals surface area contributed by atoms with Crippen LogP contribution >= 0.6 is 0 Å². The van der Waals surface area contributed by atoms with Gasteiger partial charge in [0.1, 0.15) is 17.4 Å². The number of nitrogens with zero attached hydrogens (tertiary/aromatic N) is 6. The summed E-state index contributed by atoms with van der Waals surface area (Å²) >= 11 is 0. The maximum atomic E-state index is 13.2. The monoisotopic (exact) mass is 542 g/mol. The van der Waals surface area contributed by atoms with Crippen LogP contribution < -0.4 is 4.74 Å². The summed E-state index contributed by atoms with van der Waals surface area (Å²) in [6, 6.07) is 8.26. The fourth-order valence-corrected chi connectivity index (χ4v) is 5.87. The summed E-state index contributed by atoms with van der Waals surface area (Å²) in [5.41, 5.74) is 7.03. The lowest BCUT2D eigenvalue weighted by molar-refractivity contribution is -0.151. The second-order valence-electron chi connectivity index (χ2n) is 11.3. The summed E-state index contributed by atoms with van der Waals surface area (Å²) in [5.74, 6) is 0.319. The summed E-state index contributed by atoms with van der Waals surface area (Å²) in [6.07, 6.45) is 6.57. The van der Waals surface area contributed by atoms with Crippen molar-refractivity contribution in [3.8, 4) is 5.75 Å². The highest BCUT2D eigenvalue weighted by atomic mass is 16.5. The van der Waals surface area contributed by atoms with Gasteiger partial charge in [-0.1, -0.05) is 24.3 Å². The third-order valence-corrected chi connectivity index (χ3v) is 8.23. The zero-order chi connectivity index (χ0) is 28.6. The molecule has 1 aromatic carbocycles. The largest absolute Gasteiger partial charge is 0.489 e. The van der Waals surface area contributed by atoms with Crippen LogP contribution in [0.5, 0.6) is 5.75 Å². The molecule has 0 spiro atoms.